The zero-order valence-electron chi connectivity index (χ0n) is 14.4. The molecule has 0 N–H and O–H groups in total. The molecule has 1 atom stereocenters. The van der Waals surface area contributed by atoms with Crippen LogP contribution in [-0.4, -0.2) is 37.3 Å². The Morgan fingerprint density at radius 2 is 1.89 bits per heavy atom. The lowest BCUT2D eigenvalue weighted by atomic mass is 10.1. The molecule has 7 nitrogen and oxygen atoms in total. The zero-order chi connectivity index (χ0) is 20.1. The van der Waals surface area contributed by atoms with Crippen molar-refractivity contribution in [3.8, 4) is 11.3 Å². The number of rotatable bonds is 2. The molecule has 3 heterocycles. The molecule has 0 aliphatic carbocycles. The van der Waals surface area contributed by atoms with Gasteiger partial charge in [-0.15, -0.1) is 10.2 Å². The number of halogens is 4. The minimum Gasteiger partial charge on any atom is -0.355 e. The third-order valence-corrected chi connectivity index (χ3v) is 4.56. The number of carbonyl (C=O) groups is 1. The van der Waals surface area contributed by atoms with Gasteiger partial charge < -0.3 is 14.0 Å². The fourth-order valence-electron chi connectivity index (χ4n) is 3.15. The van der Waals surface area contributed by atoms with E-state index < -0.39 is 29.8 Å². The van der Waals surface area contributed by atoms with Gasteiger partial charge in [0.25, 0.3) is 5.91 Å². The highest BCUT2D eigenvalue weighted by Gasteiger charge is 2.42. The number of amides is 1. The fraction of sp³-hybridized carbons (Fsp3) is 0.294. The first-order valence-electron chi connectivity index (χ1n) is 8.29. The van der Waals surface area contributed by atoms with E-state index >= 15 is 0 Å². The lowest BCUT2D eigenvalue weighted by molar-refractivity contribution is -0.148. The van der Waals surface area contributed by atoms with Crippen LogP contribution in [0.15, 0.2) is 34.9 Å². The van der Waals surface area contributed by atoms with Crippen molar-refractivity contribution in [2.24, 2.45) is 0 Å². The monoisotopic (exact) mass is 395 g/mol. The van der Waals surface area contributed by atoms with Gasteiger partial charge in [-0.05, 0) is 31.2 Å². The molecule has 1 aliphatic heterocycles. The minimum atomic E-state index is -4.62. The van der Waals surface area contributed by atoms with E-state index in [0.29, 0.717) is 5.56 Å². The summed E-state index contributed by atoms with van der Waals surface area (Å²) in [5.41, 5.74) is 0.532. The maximum Gasteiger partial charge on any atom is 0.451 e. The number of aromatic nitrogens is 4. The van der Waals surface area contributed by atoms with Gasteiger partial charge in [-0.1, -0.05) is 5.16 Å². The molecule has 0 bridgehead atoms. The third kappa shape index (κ3) is 3.02. The van der Waals surface area contributed by atoms with Gasteiger partial charge in [0.1, 0.15) is 5.82 Å². The molecule has 1 aliphatic rings. The SMILES string of the molecule is CC1c2nnc(C(F)(F)F)n2CCN1C(=O)c1cc(-c2ccc(F)cc2)on1. The summed E-state index contributed by atoms with van der Waals surface area (Å²) in [6.07, 6.45) is -4.62. The maximum absolute atomic E-state index is 13.0. The number of fused-ring (bicyclic) bond motifs is 1. The molecule has 1 amide bonds. The first kappa shape index (κ1) is 18.1. The second-order valence-electron chi connectivity index (χ2n) is 6.29. The summed E-state index contributed by atoms with van der Waals surface area (Å²) in [6, 6.07) is 6.14. The van der Waals surface area contributed by atoms with Crippen LogP contribution in [0, 0.1) is 5.82 Å². The number of nitrogens with zero attached hydrogens (tertiary/aromatic N) is 5. The standard InChI is InChI=1S/C17H13F4N5O2/c1-9-14-22-23-16(17(19,20)21)26(14)7-6-25(9)15(27)12-8-13(28-24-12)10-2-4-11(18)5-3-10/h2-5,8-9H,6-7H2,1H3. The van der Waals surface area contributed by atoms with E-state index in [1.165, 1.54) is 35.2 Å². The van der Waals surface area contributed by atoms with Gasteiger partial charge >= 0.3 is 6.18 Å². The Kier molecular flexibility index (Phi) is 4.16. The molecule has 2 aromatic heterocycles. The van der Waals surface area contributed by atoms with Crippen molar-refractivity contribution < 1.29 is 26.9 Å². The number of benzene rings is 1. The van der Waals surface area contributed by atoms with Crippen molar-refractivity contribution in [2.45, 2.75) is 25.7 Å². The Bertz CT molecular complexity index is 1030. The van der Waals surface area contributed by atoms with E-state index in [-0.39, 0.29) is 30.4 Å². The summed E-state index contributed by atoms with van der Waals surface area (Å²) in [5, 5.41) is 10.6. The van der Waals surface area contributed by atoms with Gasteiger partial charge in [-0.3, -0.25) is 4.79 Å². The van der Waals surface area contributed by atoms with Crippen molar-refractivity contribution >= 4 is 5.91 Å². The molecule has 0 saturated carbocycles. The van der Waals surface area contributed by atoms with Gasteiger partial charge in [-0.25, -0.2) is 4.39 Å². The summed E-state index contributed by atoms with van der Waals surface area (Å²) in [5.74, 6) is -1.68. The van der Waals surface area contributed by atoms with E-state index in [0.717, 1.165) is 4.57 Å². The Morgan fingerprint density at radius 1 is 1.18 bits per heavy atom. The molecule has 4 rings (SSSR count). The lowest BCUT2D eigenvalue weighted by Crippen LogP contribution is -2.42. The molecular formula is C17H13F4N5O2. The zero-order valence-corrected chi connectivity index (χ0v) is 14.4. The predicted octanol–water partition coefficient (Wildman–Crippen LogP) is 3.31. The number of alkyl halides is 3. The molecule has 1 unspecified atom stereocenters. The molecule has 0 fully saturated rings. The predicted molar refractivity (Wildman–Crippen MR) is 86.4 cm³/mol. The van der Waals surface area contributed by atoms with Crippen LogP contribution in [0.1, 0.15) is 35.1 Å². The smallest absolute Gasteiger partial charge is 0.355 e. The van der Waals surface area contributed by atoms with Crippen LogP contribution in [-0.2, 0) is 12.7 Å². The molecule has 0 saturated heterocycles. The molecule has 1 aromatic carbocycles. The van der Waals surface area contributed by atoms with Crippen LogP contribution < -0.4 is 0 Å². The highest BCUT2D eigenvalue weighted by atomic mass is 19.4. The molecule has 28 heavy (non-hydrogen) atoms. The summed E-state index contributed by atoms with van der Waals surface area (Å²) in [4.78, 5) is 14.1. The number of hydrogen-bond donors (Lipinski definition) is 0. The van der Waals surface area contributed by atoms with Crippen molar-refractivity contribution in [2.75, 3.05) is 6.54 Å². The molecule has 146 valence electrons. The summed E-state index contributed by atoms with van der Waals surface area (Å²) < 4.78 is 58.1. The van der Waals surface area contributed by atoms with Crippen LogP contribution in [0.2, 0.25) is 0 Å². The van der Waals surface area contributed by atoms with Crippen molar-refractivity contribution in [1.82, 2.24) is 24.8 Å². The van der Waals surface area contributed by atoms with E-state index in [2.05, 4.69) is 15.4 Å². The van der Waals surface area contributed by atoms with Crippen molar-refractivity contribution in [3.05, 3.63) is 53.5 Å². The van der Waals surface area contributed by atoms with Crippen LogP contribution >= 0.6 is 0 Å². The lowest BCUT2D eigenvalue weighted by Gasteiger charge is -2.33. The third-order valence-electron chi connectivity index (χ3n) is 4.56. The quantitative estimate of drug-likeness (QED) is 0.623. The van der Waals surface area contributed by atoms with E-state index in [1.807, 2.05) is 0 Å². The average Bonchev–Trinajstić information content (AvgIpc) is 3.29. The molecule has 3 aromatic rings. The average molecular weight is 395 g/mol. The van der Waals surface area contributed by atoms with Gasteiger partial charge in [0, 0.05) is 24.7 Å². The number of hydrogen-bond acceptors (Lipinski definition) is 5. The Labute approximate surface area is 155 Å². The summed E-state index contributed by atoms with van der Waals surface area (Å²) in [6.45, 7) is 1.52. The largest absolute Gasteiger partial charge is 0.451 e. The highest BCUT2D eigenvalue weighted by molar-refractivity contribution is 5.93. The topological polar surface area (TPSA) is 77.0 Å². The Balaban J connectivity index is 1.58. The summed E-state index contributed by atoms with van der Waals surface area (Å²) >= 11 is 0. The molecular weight excluding hydrogens is 382 g/mol. The Morgan fingerprint density at radius 3 is 2.57 bits per heavy atom. The van der Waals surface area contributed by atoms with Gasteiger partial charge in [0.15, 0.2) is 17.3 Å². The molecule has 11 heteroatoms. The van der Waals surface area contributed by atoms with Crippen molar-refractivity contribution in [3.63, 3.8) is 0 Å². The Hall–Kier alpha value is -3.24. The van der Waals surface area contributed by atoms with E-state index in [1.54, 1.807) is 6.92 Å². The van der Waals surface area contributed by atoms with Crippen LogP contribution in [0.5, 0.6) is 0 Å². The molecule has 0 spiro atoms. The minimum absolute atomic E-state index is 0.00446. The summed E-state index contributed by atoms with van der Waals surface area (Å²) in [7, 11) is 0. The first-order valence-corrected chi connectivity index (χ1v) is 8.29. The normalized spacial score (nSPS) is 16.9. The second-order valence-corrected chi connectivity index (χ2v) is 6.29. The van der Waals surface area contributed by atoms with Gasteiger partial charge in [0.05, 0.1) is 6.04 Å². The maximum atomic E-state index is 13.0. The highest BCUT2D eigenvalue weighted by Crippen LogP contribution is 2.33. The van der Waals surface area contributed by atoms with Gasteiger partial charge in [-0.2, -0.15) is 13.2 Å². The van der Waals surface area contributed by atoms with E-state index in [9.17, 15) is 22.4 Å². The van der Waals surface area contributed by atoms with Crippen LogP contribution in [0.25, 0.3) is 11.3 Å². The number of carbonyl (C=O) groups excluding carboxylic acids is 1. The van der Waals surface area contributed by atoms with E-state index in [4.69, 9.17) is 4.52 Å². The first-order chi connectivity index (χ1) is 13.3. The van der Waals surface area contributed by atoms with Crippen LogP contribution in [0.4, 0.5) is 17.6 Å². The van der Waals surface area contributed by atoms with Gasteiger partial charge in [0.2, 0.25) is 5.82 Å². The fourth-order valence-corrected chi connectivity index (χ4v) is 3.15. The second kappa shape index (κ2) is 6.43. The van der Waals surface area contributed by atoms with Crippen LogP contribution in [0.3, 0.4) is 0 Å². The van der Waals surface area contributed by atoms with Crippen molar-refractivity contribution in [1.29, 1.82) is 0 Å². The molecule has 0 radical (unpaired) electrons.